The van der Waals surface area contributed by atoms with Crippen molar-refractivity contribution in [2.75, 3.05) is 0 Å². The average molecular weight is 262 g/mol. The van der Waals surface area contributed by atoms with E-state index < -0.39 is 0 Å². The number of hydrogen-bond donors (Lipinski definition) is 0. The van der Waals surface area contributed by atoms with Crippen LogP contribution in [0.15, 0.2) is 24.3 Å². The van der Waals surface area contributed by atoms with E-state index in [1.165, 1.54) is 37.7 Å². The van der Waals surface area contributed by atoms with Crippen LogP contribution < -0.4 is 4.74 Å². The van der Waals surface area contributed by atoms with Crippen molar-refractivity contribution < 1.29 is 9.53 Å². The highest BCUT2D eigenvalue weighted by atomic mass is 16.5. The summed E-state index contributed by atoms with van der Waals surface area (Å²) in [5.41, 5.74) is 1.17. The molecule has 2 nitrogen and oxygen atoms in total. The van der Waals surface area contributed by atoms with Gasteiger partial charge >= 0.3 is 5.97 Å². The van der Waals surface area contributed by atoms with Gasteiger partial charge in [-0.25, -0.2) is 0 Å². The summed E-state index contributed by atoms with van der Waals surface area (Å²) in [6.07, 6.45) is 9.06. The Morgan fingerprint density at radius 3 is 2.16 bits per heavy atom. The van der Waals surface area contributed by atoms with E-state index >= 15 is 0 Å². The van der Waals surface area contributed by atoms with Crippen molar-refractivity contribution in [1.82, 2.24) is 0 Å². The van der Waals surface area contributed by atoms with Crippen molar-refractivity contribution in [3.8, 4) is 5.75 Å². The molecule has 0 saturated carbocycles. The standard InChI is InChI=1S/C17H26O2/c1-3-4-5-6-7-8-9-10-17(18)19-16-13-11-15(2)12-14-16/h11-14H,3-10H2,1-2H3. The van der Waals surface area contributed by atoms with Gasteiger partial charge in [-0.2, -0.15) is 0 Å². The lowest BCUT2D eigenvalue weighted by atomic mass is 10.1. The van der Waals surface area contributed by atoms with Gasteiger partial charge in [0, 0.05) is 6.42 Å². The third-order valence-electron chi connectivity index (χ3n) is 3.24. The number of esters is 1. The monoisotopic (exact) mass is 262 g/mol. The topological polar surface area (TPSA) is 26.3 Å². The van der Waals surface area contributed by atoms with Crippen molar-refractivity contribution in [3.05, 3.63) is 29.8 Å². The molecule has 19 heavy (non-hydrogen) atoms. The van der Waals surface area contributed by atoms with Gasteiger partial charge in [0.15, 0.2) is 0 Å². The summed E-state index contributed by atoms with van der Waals surface area (Å²) < 4.78 is 5.28. The smallest absolute Gasteiger partial charge is 0.311 e. The van der Waals surface area contributed by atoms with Crippen LogP contribution in [0.25, 0.3) is 0 Å². The van der Waals surface area contributed by atoms with E-state index in [9.17, 15) is 4.79 Å². The first-order valence-corrected chi connectivity index (χ1v) is 7.49. The number of carbonyl (C=O) groups excluding carboxylic acids is 1. The Balaban J connectivity index is 2.06. The van der Waals surface area contributed by atoms with Gasteiger partial charge in [0.2, 0.25) is 0 Å². The third-order valence-corrected chi connectivity index (χ3v) is 3.24. The highest BCUT2D eigenvalue weighted by molar-refractivity contribution is 5.72. The van der Waals surface area contributed by atoms with Crippen molar-refractivity contribution >= 4 is 5.97 Å². The molecule has 0 fully saturated rings. The molecule has 0 saturated heterocycles. The van der Waals surface area contributed by atoms with Crippen molar-refractivity contribution in [1.29, 1.82) is 0 Å². The van der Waals surface area contributed by atoms with Gasteiger partial charge in [0.25, 0.3) is 0 Å². The van der Waals surface area contributed by atoms with Crippen molar-refractivity contribution in [2.24, 2.45) is 0 Å². The molecule has 1 rings (SSSR count). The number of hydrogen-bond acceptors (Lipinski definition) is 2. The molecule has 0 heterocycles. The van der Waals surface area contributed by atoms with Crippen LogP contribution in [0.5, 0.6) is 5.75 Å². The van der Waals surface area contributed by atoms with Crippen molar-refractivity contribution in [2.45, 2.75) is 65.2 Å². The van der Waals surface area contributed by atoms with Gasteiger partial charge in [0.1, 0.15) is 5.75 Å². The first-order valence-electron chi connectivity index (χ1n) is 7.49. The van der Waals surface area contributed by atoms with E-state index in [1.54, 1.807) is 0 Å². The Hall–Kier alpha value is -1.31. The van der Waals surface area contributed by atoms with E-state index in [0.717, 1.165) is 12.8 Å². The van der Waals surface area contributed by atoms with Crippen LogP contribution >= 0.6 is 0 Å². The zero-order valence-corrected chi connectivity index (χ0v) is 12.3. The molecule has 0 aromatic heterocycles. The van der Waals surface area contributed by atoms with Gasteiger partial charge in [-0.15, -0.1) is 0 Å². The molecule has 0 N–H and O–H groups in total. The normalized spacial score (nSPS) is 10.4. The van der Waals surface area contributed by atoms with Gasteiger partial charge in [-0.1, -0.05) is 63.1 Å². The maximum atomic E-state index is 11.6. The minimum absolute atomic E-state index is 0.114. The fourth-order valence-electron chi connectivity index (χ4n) is 2.02. The Morgan fingerprint density at radius 1 is 0.947 bits per heavy atom. The summed E-state index contributed by atoms with van der Waals surface area (Å²) in [6.45, 7) is 4.24. The van der Waals surface area contributed by atoms with E-state index in [-0.39, 0.29) is 5.97 Å². The number of aryl methyl sites for hydroxylation is 1. The molecule has 0 amide bonds. The van der Waals surface area contributed by atoms with E-state index in [4.69, 9.17) is 4.74 Å². The van der Waals surface area contributed by atoms with Gasteiger partial charge in [0.05, 0.1) is 0 Å². The maximum absolute atomic E-state index is 11.6. The lowest BCUT2D eigenvalue weighted by Gasteiger charge is -2.04. The third kappa shape index (κ3) is 7.66. The second-order valence-corrected chi connectivity index (χ2v) is 5.16. The molecule has 0 radical (unpaired) electrons. The zero-order valence-electron chi connectivity index (χ0n) is 12.3. The molecule has 1 aromatic carbocycles. The SMILES string of the molecule is CCCCCCCCCC(=O)Oc1ccc(C)cc1. The molecule has 0 bridgehead atoms. The maximum Gasteiger partial charge on any atom is 0.311 e. The Kier molecular flexibility index (Phi) is 7.95. The van der Waals surface area contributed by atoms with E-state index in [2.05, 4.69) is 6.92 Å². The molecule has 106 valence electrons. The minimum Gasteiger partial charge on any atom is -0.427 e. The van der Waals surface area contributed by atoms with Crippen LogP contribution in [-0.2, 0) is 4.79 Å². The molecule has 0 spiro atoms. The Labute approximate surface area is 117 Å². The number of carbonyl (C=O) groups is 1. The molecule has 1 aromatic rings. The van der Waals surface area contributed by atoms with Crippen LogP contribution in [0.1, 0.15) is 63.9 Å². The number of benzene rings is 1. The summed E-state index contributed by atoms with van der Waals surface area (Å²) in [4.78, 5) is 11.6. The fourth-order valence-corrected chi connectivity index (χ4v) is 2.02. The Bertz CT molecular complexity index is 354. The summed E-state index contributed by atoms with van der Waals surface area (Å²) in [5.74, 6) is 0.538. The minimum atomic E-state index is -0.114. The second kappa shape index (κ2) is 9.60. The number of unbranched alkanes of at least 4 members (excludes halogenated alkanes) is 6. The lowest BCUT2D eigenvalue weighted by Crippen LogP contribution is -2.07. The lowest BCUT2D eigenvalue weighted by molar-refractivity contribution is -0.134. The fraction of sp³-hybridized carbons (Fsp3) is 0.588. The van der Waals surface area contributed by atoms with Crippen LogP contribution in [0.2, 0.25) is 0 Å². The highest BCUT2D eigenvalue weighted by Gasteiger charge is 2.04. The van der Waals surface area contributed by atoms with E-state index in [0.29, 0.717) is 12.2 Å². The molecule has 0 aliphatic heterocycles. The molecule has 0 aliphatic rings. The molecule has 2 heteroatoms. The predicted octanol–water partition coefficient (Wildman–Crippen LogP) is 5.04. The van der Waals surface area contributed by atoms with Crippen LogP contribution in [0, 0.1) is 6.92 Å². The van der Waals surface area contributed by atoms with E-state index in [1.807, 2.05) is 31.2 Å². The largest absolute Gasteiger partial charge is 0.427 e. The molecule has 0 aliphatic carbocycles. The first kappa shape index (κ1) is 15.7. The van der Waals surface area contributed by atoms with Gasteiger partial charge in [-0.3, -0.25) is 4.79 Å². The summed E-state index contributed by atoms with van der Waals surface area (Å²) >= 11 is 0. The van der Waals surface area contributed by atoms with Crippen LogP contribution in [0.3, 0.4) is 0 Å². The second-order valence-electron chi connectivity index (χ2n) is 5.16. The Morgan fingerprint density at radius 2 is 1.53 bits per heavy atom. The molecular weight excluding hydrogens is 236 g/mol. The number of ether oxygens (including phenoxy) is 1. The van der Waals surface area contributed by atoms with Crippen molar-refractivity contribution in [3.63, 3.8) is 0 Å². The summed E-state index contributed by atoms with van der Waals surface area (Å²) in [5, 5.41) is 0. The highest BCUT2D eigenvalue weighted by Crippen LogP contribution is 2.13. The molecule has 0 unspecified atom stereocenters. The predicted molar refractivity (Wildman–Crippen MR) is 79.4 cm³/mol. The van der Waals surface area contributed by atoms with Gasteiger partial charge < -0.3 is 4.74 Å². The van der Waals surface area contributed by atoms with Crippen LogP contribution in [0.4, 0.5) is 0 Å². The first-order chi connectivity index (χ1) is 9.22. The van der Waals surface area contributed by atoms with Crippen LogP contribution in [-0.4, -0.2) is 5.97 Å². The quantitative estimate of drug-likeness (QED) is 0.354. The van der Waals surface area contributed by atoms with Gasteiger partial charge in [-0.05, 0) is 25.5 Å². The average Bonchev–Trinajstić information content (AvgIpc) is 2.40. The number of rotatable bonds is 9. The summed E-state index contributed by atoms with van der Waals surface area (Å²) in [7, 11) is 0. The molecular formula is C17H26O2. The zero-order chi connectivity index (χ0) is 13.9. The summed E-state index contributed by atoms with van der Waals surface area (Å²) in [6, 6.07) is 7.60. The molecule has 0 atom stereocenters.